The van der Waals surface area contributed by atoms with E-state index in [2.05, 4.69) is 16.4 Å². The summed E-state index contributed by atoms with van der Waals surface area (Å²) in [6.07, 6.45) is 3.14. The molecule has 0 amide bonds. The Morgan fingerprint density at radius 2 is 2.25 bits per heavy atom. The summed E-state index contributed by atoms with van der Waals surface area (Å²) in [5.41, 5.74) is 0.389. The quantitative estimate of drug-likeness (QED) is 0.797. The Kier molecular flexibility index (Phi) is 2.26. The predicted octanol–water partition coefficient (Wildman–Crippen LogP) is 0.940. The van der Waals surface area contributed by atoms with Gasteiger partial charge in [0.15, 0.2) is 11.4 Å². The van der Waals surface area contributed by atoms with Gasteiger partial charge < -0.3 is 10.1 Å². The molecule has 2 bridgehead atoms. The Morgan fingerprint density at radius 1 is 1.44 bits per heavy atom. The lowest BCUT2D eigenvalue weighted by Gasteiger charge is -2.48. The molecule has 1 saturated heterocycles. The second-order valence-electron chi connectivity index (χ2n) is 4.46. The van der Waals surface area contributed by atoms with Crippen molar-refractivity contribution in [1.82, 2.24) is 10.3 Å². The lowest BCUT2D eigenvalue weighted by Crippen LogP contribution is -2.59. The van der Waals surface area contributed by atoms with Gasteiger partial charge in [-0.05, 0) is 18.6 Å². The van der Waals surface area contributed by atoms with Crippen LogP contribution in [0, 0.1) is 23.2 Å². The molecule has 3 rings (SSSR count). The maximum absolute atomic E-state index is 8.92. The van der Waals surface area contributed by atoms with Crippen LogP contribution in [0.15, 0.2) is 18.3 Å². The van der Waals surface area contributed by atoms with Gasteiger partial charge in [0.1, 0.15) is 12.2 Å². The highest BCUT2D eigenvalue weighted by molar-refractivity contribution is 5.36. The van der Waals surface area contributed by atoms with E-state index in [9.17, 15) is 0 Å². The van der Waals surface area contributed by atoms with Gasteiger partial charge >= 0.3 is 0 Å². The van der Waals surface area contributed by atoms with Crippen molar-refractivity contribution in [1.29, 1.82) is 5.26 Å². The molecular formula is C12H13N3O. The average molecular weight is 215 g/mol. The predicted molar refractivity (Wildman–Crippen MR) is 57.8 cm³/mol. The van der Waals surface area contributed by atoms with Crippen LogP contribution in [0.2, 0.25) is 0 Å². The highest BCUT2D eigenvalue weighted by Crippen LogP contribution is 2.39. The summed E-state index contributed by atoms with van der Waals surface area (Å²) < 4.78 is 5.91. The van der Waals surface area contributed by atoms with Crippen LogP contribution in [0.5, 0.6) is 5.75 Å². The fourth-order valence-corrected chi connectivity index (χ4v) is 2.61. The van der Waals surface area contributed by atoms with Gasteiger partial charge in [-0.25, -0.2) is 4.98 Å². The monoisotopic (exact) mass is 215 g/mol. The van der Waals surface area contributed by atoms with Gasteiger partial charge in [0.25, 0.3) is 0 Å². The molecular weight excluding hydrogens is 202 g/mol. The van der Waals surface area contributed by atoms with E-state index in [0.29, 0.717) is 23.3 Å². The van der Waals surface area contributed by atoms with Crippen molar-refractivity contribution in [3.8, 4) is 11.8 Å². The van der Waals surface area contributed by atoms with Gasteiger partial charge in [0, 0.05) is 31.1 Å². The molecule has 2 heterocycles. The third-order valence-electron chi connectivity index (χ3n) is 3.49. The SMILES string of the molecule is N#Cc1ncccc1OC1[C@@H]2CNC[C@H]1C2. The zero-order valence-electron chi connectivity index (χ0n) is 8.89. The summed E-state index contributed by atoms with van der Waals surface area (Å²) in [7, 11) is 0. The summed E-state index contributed by atoms with van der Waals surface area (Å²) in [5, 5.41) is 12.3. The van der Waals surface area contributed by atoms with Crippen LogP contribution in [-0.4, -0.2) is 24.2 Å². The topological polar surface area (TPSA) is 57.9 Å². The van der Waals surface area contributed by atoms with Gasteiger partial charge in [-0.1, -0.05) is 0 Å². The molecule has 1 aliphatic heterocycles. The number of pyridine rings is 1. The van der Waals surface area contributed by atoms with Crippen molar-refractivity contribution in [3.63, 3.8) is 0 Å². The van der Waals surface area contributed by atoms with E-state index in [-0.39, 0.29) is 6.10 Å². The molecule has 1 unspecified atom stereocenters. The number of nitriles is 1. The van der Waals surface area contributed by atoms with Gasteiger partial charge in [0.2, 0.25) is 0 Å². The fraction of sp³-hybridized carbons (Fsp3) is 0.500. The Bertz CT molecular complexity index is 426. The molecule has 1 aromatic heterocycles. The van der Waals surface area contributed by atoms with Gasteiger partial charge in [-0.15, -0.1) is 0 Å². The second-order valence-corrected chi connectivity index (χ2v) is 4.46. The number of fused-ring (bicyclic) bond motifs is 2. The first kappa shape index (κ1) is 9.61. The lowest BCUT2D eigenvalue weighted by molar-refractivity contribution is -0.0449. The molecule has 1 N–H and O–H groups in total. The van der Waals surface area contributed by atoms with Gasteiger partial charge in [0.05, 0.1) is 0 Å². The van der Waals surface area contributed by atoms with Crippen molar-refractivity contribution in [2.45, 2.75) is 12.5 Å². The van der Waals surface area contributed by atoms with Crippen LogP contribution in [0.3, 0.4) is 0 Å². The van der Waals surface area contributed by atoms with Crippen LogP contribution in [0.4, 0.5) is 0 Å². The van der Waals surface area contributed by atoms with E-state index < -0.39 is 0 Å². The van der Waals surface area contributed by atoms with Crippen molar-refractivity contribution in [2.75, 3.05) is 13.1 Å². The first-order valence-corrected chi connectivity index (χ1v) is 5.61. The highest BCUT2D eigenvalue weighted by atomic mass is 16.5. The Labute approximate surface area is 94.2 Å². The van der Waals surface area contributed by atoms with Crippen LogP contribution in [0.25, 0.3) is 0 Å². The largest absolute Gasteiger partial charge is 0.487 e. The standard InChI is InChI=1S/C12H13N3O/c13-5-10-11(2-1-3-15-10)16-12-8-4-9(12)7-14-6-8/h1-3,8-9,12,14H,4,6-7H2/t8-,9+,12?. The molecule has 4 nitrogen and oxygen atoms in total. The van der Waals surface area contributed by atoms with Crippen LogP contribution in [-0.2, 0) is 0 Å². The van der Waals surface area contributed by atoms with E-state index in [4.69, 9.17) is 10.00 Å². The number of ether oxygens (including phenoxy) is 1. The van der Waals surface area contributed by atoms with E-state index in [1.807, 2.05) is 12.1 Å². The van der Waals surface area contributed by atoms with Crippen LogP contribution >= 0.6 is 0 Å². The van der Waals surface area contributed by atoms with E-state index >= 15 is 0 Å². The maximum Gasteiger partial charge on any atom is 0.182 e. The molecule has 2 aliphatic rings. The molecule has 82 valence electrons. The lowest BCUT2D eigenvalue weighted by atomic mass is 9.69. The fourth-order valence-electron chi connectivity index (χ4n) is 2.61. The molecule has 1 aliphatic carbocycles. The summed E-state index contributed by atoms with van der Waals surface area (Å²) >= 11 is 0. The molecule has 0 radical (unpaired) electrons. The molecule has 0 spiro atoms. The van der Waals surface area contributed by atoms with Crippen molar-refractivity contribution >= 4 is 0 Å². The number of piperidine rings is 2. The Balaban J connectivity index is 1.77. The highest BCUT2D eigenvalue weighted by Gasteiger charge is 2.45. The van der Waals surface area contributed by atoms with Crippen molar-refractivity contribution in [2.24, 2.45) is 11.8 Å². The van der Waals surface area contributed by atoms with Crippen molar-refractivity contribution < 1.29 is 4.74 Å². The first-order chi connectivity index (χ1) is 7.88. The first-order valence-electron chi connectivity index (χ1n) is 5.61. The number of rotatable bonds is 2. The maximum atomic E-state index is 8.92. The Morgan fingerprint density at radius 3 is 2.94 bits per heavy atom. The van der Waals surface area contributed by atoms with Gasteiger partial charge in [-0.2, -0.15) is 5.26 Å². The second kappa shape index (κ2) is 3.76. The number of nitrogens with zero attached hydrogens (tertiary/aromatic N) is 2. The molecule has 3 atom stereocenters. The van der Waals surface area contributed by atoms with E-state index in [1.54, 1.807) is 6.20 Å². The van der Waals surface area contributed by atoms with E-state index in [1.165, 1.54) is 6.42 Å². The minimum Gasteiger partial charge on any atom is -0.487 e. The molecule has 16 heavy (non-hydrogen) atoms. The number of hydrogen-bond acceptors (Lipinski definition) is 4. The van der Waals surface area contributed by atoms with E-state index in [0.717, 1.165) is 13.1 Å². The number of aromatic nitrogens is 1. The van der Waals surface area contributed by atoms with Crippen LogP contribution < -0.4 is 10.1 Å². The number of hydrogen-bond donors (Lipinski definition) is 1. The van der Waals surface area contributed by atoms with Crippen molar-refractivity contribution in [3.05, 3.63) is 24.0 Å². The normalized spacial score (nSPS) is 31.3. The molecule has 1 saturated carbocycles. The van der Waals surface area contributed by atoms with Gasteiger partial charge in [-0.3, -0.25) is 0 Å². The number of nitrogens with one attached hydrogen (secondary N) is 1. The third kappa shape index (κ3) is 1.44. The molecule has 0 aromatic carbocycles. The average Bonchev–Trinajstić information content (AvgIpc) is 2.37. The zero-order chi connectivity index (χ0) is 11.0. The molecule has 4 heteroatoms. The van der Waals surface area contributed by atoms with Crippen LogP contribution in [0.1, 0.15) is 12.1 Å². The minimum absolute atomic E-state index is 0.276. The minimum atomic E-state index is 0.276. The smallest absolute Gasteiger partial charge is 0.182 e. The summed E-state index contributed by atoms with van der Waals surface area (Å²) in [5.74, 6) is 1.84. The summed E-state index contributed by atoms with van der Waals surface area (Å²) in [6.45, 7) is 2.06. The molecule has 1 aromatic rings. The molecule has 2 fully saturated rings. The summed E-state index contributed by atoms with van der Waals surface area (Å²) in [4.78, 5) is 4.00. The summed E-state index contributed by atoms with van der Waals surface area (Å²) in [6, 6.07) is 5.70. The Hall–Kier alpha value is -1.60. The third-order valence-corrected chi connectivity index (χ3v) is 3.49. The zero-order valence-corrected chi connectivity index (χ0v) is 8.89.